The number of hydrogen-bond donors (Lipinski definition) is 5. The third kappa shape index (κ3) is 13.6. The number of anilines is 2. The molecule has 6 heterocycles. The number of rotatable bonds is 22. The highest BCUT2D eigenvalue weighted by atomic mass is 32.1. The van der Waals surface area contributed by atoms with Gasteiger partial charge < -0.3 is 35.8 Å². The molecule has 18 nitrogen and oxygen atoms in total. The third-order valence-electron chi connectivity index (χ3n) is 14.9. The van der Waals surface area contributed by atoms with E-state index >= 15 is 4.39 Å². The lowest BCUT2D eigenvalue weighted by Crippen LogP contribution is -2.57. The first-order valence-corrected chi connectivity index (χ1v) is 28.0. The van der Waals surface area contributed by atoms with Gasteiger partial charge in [-0.25, -0.2) is 19.3 Å². The smallest absolute Gasteiger partial charge is 0.254 e. The first-order valence-electron chi connectivity index (χ1n) is 27.2. The van der Waals surface area contributed by atoms with Crippen molar-refractivity contribution in [3.05, 3.63) is 101 Å². The molecule has 2 aromatic carbocycles. The van der Waals surface area contributed by atoms with Crippen molar-refractivity contribution in [1.29, 1.82) is 0 Å². The summed E-state index contributed by atoms with van der Waals surface area (Å²) in [6.07, 6.45) is 16.6. The Balaban J connectivity index is 0.637. The minimum atomic E-state index is -0.872. The summed E-state index contributed by atoms with van der Waals surface area (Å²) in [6, 6.07) is 10.6. The molecule has 9 rings (SSSR count). The van der Waals surface area contributed by atoms with E-state index < -0.39 is 29.4 Å². The molecule has 20 heteroatoms. The molecule has 5 amide bonds. The molecule has 2 aliphatic heterocycles. The molecule has 3 atom stereocenters. The Morgan fingerprint density at radius 3 is 2.22 bits per heavy atom. The predicted octanol–water partition coefficient (Wildman–Crippen LogP) is 8.31. The highest BCUT2D eigenvalue weighted by Crippen LogP contribution is 2.41. The number of amides is 5. The molecule has 1 aliphatic carbocycles. The monoisotopic (exact) mass is 1070 g/mol. The standard InChI is InChI=1S/C57H71FN12O6S/c1-36-50(77-35-61-36)39-17-15-37(16-18-39)29-60-54(74)46-28-42(71)33-70(46)56(76)51(57(2,3)4)66-48(72)13-11-9-7-5-6-8-10-12-14-49(73)67-23-25-68(26-24-67)55(75)40-21-22-44(43(58)27-40)64-52-53-59-32-47(41-30-62-63-31-41)69(53)34-45(65-52)38-19-20-38/h15-18,21-22,27,30-32,34-35,38,42,46,51,71H,5-14,19-20,23-26,28-29,33H2,1-4H3,(H,60,74)(H,62,63)(H,64,65)(H,66,72)/t42-,46-,51+/m0/s1. The summed E-state index contributed by atoms with van der Waals surface area (Å²) in [4.78, 5) is 87.1. The molecule has 3 fully saturated rings. The number of fused-ring (bicyclic) bond motifs is 1. The first kappa shape index (κ1) is 54.7. The van der Waals surface area contributed by atoms with Crippen molar-refractivity contribution < 1.29 is 33.5 Å². The van der Waals surface area contributed by atoms with Crippen molar-refractivity contribution >= 4 is 58.0 Å². The number of nitrogens with one attached hydrogen (secondary N) is 4. The van der Waals surface area contributed by atoms with E-state index in [1.165, 1.54) is 11.0 Å². The summed E-state index contributed by atoms with van der Waals surface area (Å²) in [5.41, 5.74) is 7.68. The number of likely N-dealkylation sites (tertiary alicyclic amines) is 1. The highest BCUT2D eigenvalue weighted by Gasteiger charge is 2.44. The van der Waals surface area contributed by atoms with Crippen molar-refractivity contribution in [2.24, 2.45) is 5.41 Å². The number of nitrogens with zero attached hydrogens (tertiary/aromatic N) is 8. The summed E-state index contributed by atoms with van der Waals surface area (Å²) >= 11 is 1.58. The number of aliphatic hydroxyl groups is 1. The average molecular weight is 1070 g/mol. The first-order chi connectivity index (χ1) is 37.1. The van der Waals surface area contributed by atoms with Crippen molar-refractivity contribution in [2.45, 2.75) is 142 Å². The maximum Gasteiger partial charge on any atom is 0.254 e. The van der Waals surface area contributed by atoms with E-state index in [0.717, 1.165) is 96.4 Å². The number of H-pyrrole nitrogens is 1. The maximum atomic E-state index is 15.7. The number of aromatic amines is 1. The predicted molar refractivity (Wildman–Crippen MR) is 293 cm³/mol. The summed E-state index contributed by atoms with van der Waals surface area (Å²) < 4.78 is 17.6. The minimum Gasteiger partial charge on any atom is -0.391 e. The highest BCUT2D eigenvalue weighted by molar-refractivity contribution is 7.13. The second-order valence-electron chi connectivity index (χ2n) is 21.9. The lowest BCUT2D eigenvalue weighted by Gasteiger charge is -2.35. The van der Waals surface area contributed by atoms with Crippen LogP contribution in [0.1, 0.15) is 137 Å². The van der Waals surface area contributed by atoms with Crippen LogP contribution in [-0.2, 0) is 25.7 Å². The Morgan fingerprint density at radius 2 is 1.57 bits per heavy atom. The molecule has 6 aromatic rings. The van der Waals surface area contributed by atoms with Gasteiger partial charge in [0.05, 0.1) is 51.7 Å². The molecule has 1 saturated carbocycles. The van der Waals surface area contributed by atoms with Gasteiger partial charge in [-0.15, -0.1) is 11.3 Å². The number of aliphatic hydroxyl groups excluding tert-OH is 1. The van der Waals surface area contributed by atoms with Crippen LogP contribution in [0, 0.1) is 18.2 Å². The average Bonchev–Trinajstić information content (AvgIpc) is 3.74. The number of unbranched alkanes of at least 4 members (excludes halogenated alkanes) is 7. The maximum absolute atomic E-state index is 15.7. The lowest BCUT2D eigenvalue weighted by molar-refractivity contribution is -0.144. The largest absolute Gasteiger partial charge is 0.391 e. The zero-order valence-electron chi connectivity index (χ0n) is 44.5. The van der Waals surface area contributed by atoms with Crippen LogP contribution in [0.3, 0.4) is 0 Å². The van der Waals surface area contributed by atoms with E-state index in [1.54, 1.807) is 47.0 Å². The van der Waals surface area contributed by atoms with Gasteiger partial charge in [0.25, 0.3) is 5.91 Å². The summed E-state index contributed by atoms with van der Waals surface area (Å²) in [5, 5.41) is 26.6. The van der Waals surface area contributed by atoms with Gasteiger partial charge in [-0.2, -0.15) is 5.10 Å². The van der Waals surface area contributed by atoms with Gasteiger partial charge in [0, 0.05) is 88.0 Å². The third-order valence-corrected chi connectivity index (χ3v) is 15.9. The van der Waals surface area contributed by atoms with Crippen molar-refractivity contribution in [1.82, 2.24) is 54.9 Å². The molecule has 0 spiro atoms. The second-order valence-corrected chi connectivity index (χ2v) is 22.7. The Kier molecular flexibility index (Phi) is 17.4. The van der Waals surface area contributed by atoms with E-state index in [-0.39, 0.29) is 66.7 Å². The van der Waals surface area contributed by atoms with Gasteiger partial charge in [0.1, 0.15) is 17.9 Å². The second kappa shape index (κ2) is 24.5. The normalized spacial score (nSPS) is 17.2. The zero-order chi connectivity index (χ0) is 54.2. The SMILES string of the molecule is Cc1ncsc1-c1ccc(CNC(=O)[C@@H]2C[C@H](O)CN2C(=O)[C@@H](NC(=O)CCCCCCCCCCC(=O)N2CCN(C(=O)c3ccc(Nc4nc(C5CC5)cn5c(-c6cn[nH]c6)cnc45)c(F)c3)CC2)C(C)(C)C)cc1. The number of thiazole rings is 1. The molecular weight excluding hydrogens is 1000 g/mol. The number of halogens is 1. The lowest BCUT2D eigenvalue weighted by atomic mass is 9.85. The molecular formula is C57H71FN12O6S. The number of imidazole rings is 1. The fourth-order valence-electron chi connectivity index (χ4n) is 10.3. The number of hydrogen-bond acceptors (Lipinski definition) is 12. The van der Waals surface area contributed by atoms with E-state index in [2.05, 4.69) is 36.1 Å². The quantitative estimate of drug-likeness (QED) is 0.0407. The van der Waals surface area contributed by atoms with Gasteiger partial charge in [-0.05, 0) is 67.3 Å². The molecule has 3 aliphatic rings. The van der Waals surface area contributed by atoms with Gasteiger partial charge in [-0.1, -0.05) is 83.6 Å². The fourth-order valence-corrected chi connectivity index (χ4v) is 11.1. The van der Waals surface area contributed by atoms with Crippen LogP contribution < -0.4 is 16.0 Å². The van der Waals surface area contributed by atoms with Crippen molar-refractivity contribution in [3.63, 3.8) is 0 Å². The Bertz CT molecular complexity index is 3030. The number of carbonyl (C=O) groups is 5. The van der Waals surface area contributed by atoms with Crippen LogP contribution in [0.5, 0.6) is 0 Å². The number of benzene rings is 2. The number of aromatic nitrogens is 6. The van der Waals surface area contributed by atoms with E-state index in [9.17, 15) is 29.1 Å². The summed E-state index contributed by atoms with van der Waals surface area (Å²) in [7, 11) is 0. The van der Waals surface area contributed by atoms with Crippen LogP contribution in [0.4, 0.5) is 15.9 Å². The van der Waals surface area contributed by atoms with E-state index in [4.69, 9.17) is 4.98 Å². The molecule has 0 radical (unpaired) electrons. The van der Waals surface area contributed by atoms with Gasteiger partial charge in [0.2, 0.25) is 23.6 Å². The zero-order valence-corrected chi connectivity index (χ0v) is 45.3. The van der Waals surface area contributed by atoms with Crippen LogP contribution in [0.2, 0.25) is 0 Å². The molecule has 4 aromatic heterocycles. The van der Waals surface area contributed by atoms with E-state index in [1.807, 2.05) is 73.0 Å². The number of piperazine rings is 1. The van der Waals surface area contributed by atoms with Crippen molar-refractivity contribution in [3.8, 4) is 21.7 Å². The van der Waals surface area contributed by atoms with E-state index in [0.29, 0.717) is 56.4 Å². The summed E-state index contributed by atoms with van der Waals surface area (Å²) in [6.45, 7) is 9.50. The number of β-amino-alcohol motifs (C(OH)–C–C–N with tert-alkyl or cyclic N) is 1. The number of carbonyl (C=O) groups excluding carboxylic acids is 5. The van der Waals surface area contributed by atoms with Crippen LogP contribution in [-0.4, -0.2) is 130 Å². The number of aryl methyl sites for hydroxylation is 1. The van der Waals surface area contributed by atoms with Crippen LogP contribution in [0.15, 0.2) is 72.8 Å². The topological polar surface area (TPSA) is 223 Å². The van der Waals surface area contributed by atoms with Gasteiger partial charge in [-0.3, -0.25) is 33.5 Å². The van der Waals surface area contributed by atoms with Gasteiger partial charge in [0.15, 0.2) is 11.5 Å². The molecule has 0 unspecified atom stereocenters. The molecule has 408 valence electrons. The van der Waals surface area contributed by atoms with Crippen LogP contribution >= 0.6 is 11.3 Å². The fraction of sp³-hybridized carbons (Fsp3) is 0.491. The van der Waals surface area contributed by atoms with Crippen molar-refractivity contribution in [2.75, 3.05) is 38.0 Å². The molecule has 5 N–H and O–H groups in total. The Hall–Kier alpha value is -7.06. The minimum absolute atomic E-state index is 0.0175. The Morgan fingerprint density at radius 1 is 0.870 bits per heavy atom. The molecule has 0 bridgehead atoms. The summed E-state index contributed by atoms with van der Waals surface area (Å²) in [5.74, 6) is -0.957. The molecule has 2 saturated heterocycles. The van der Waals surface area contributed by atoms with Gasteiger partial charge >= 0.3 is 0 Å². The van der Waals surface area contributed by atoms with Crippen LogP contribution in [0.25, 0.3) is 27.3 Å². The Labute approximate surface area is 452 Å². The molecule has 77 heavy (non-hydrogen) atoms.